The molecule has 6 nitrogen and oxygen atoms in total. The van der Waals surface area contributed by atoms with Crippen LogP contribution in [0.4, 0.5) is 5.82 Å². The van der Waals surface area contributed by atoms with Gasteiger partial charge in [0, 0.05) is 18.8 Å². The number of benzene rings is 1. The van der Waals surface area contributed by atoms with Gasteiger partial charge in [-0.1, -0.05) is 12.1 Å². The summed E-state index contributed by atoms with van der Waals surface area (Å²) >= 11 is 0. The Bertz CT molecular complexity index is 650. The molecule has 0 aliphatic carbocycles. The van der Waals surface area contributed by atoms with Gasteiger partial charge < -0.3 is 15.0 Å². The molecule has 23 heavy (non-hydrogen) atoms. The fraction of sp³-hybridized carbons (Fsp3) is 0.412. The lowest BCUT2D eigenvalue weighted by atomic mass is 10.2. The van der Waals surface area contributed by atoms with Gasteiger partial charge >= 0.3 is 0 Å². The first-order valence-corrected chi connectivity index (χ1v) is 7.71. The van der Waals surface area contributed by atoms with E-state index in [1.165, 1.54) is 0 Å². The molecule has 0 atom stereocenters. The standard InChI is InChI=1S/C17H24N4O2/c1-13(2)23-15-8-6-5-7-14(15)17(22)18-16-9-10-21(19-16)12-11-20(3)4/h5-10,13H,11-12H2,1-4H3,(H,18,19,22). The Labute approximate surface area is 137 Å². The van der Waals surface area contributed by atoms with Crippen LogP contribution in [0.1, 0.15) is 24.2 Å². The maximum absolute atomic E-state index is 12.4. The Kier molecular flexibility index (Phi) is 5.76. The number of hydrogen-bond donors (Lipinski definition) is 1. The summed E-state index contributed by atoms with van der Waals surface area (Å²) in [5.41, 5.74) is 0.504. The molecular weight excluding hydrogens is 292 g/mol. The van der Waals surface area contributed by atoms with Gasteiger partial charge in [-0.05, 0) is 40.1 Å². The summed E-state index contributed by atoms with van der Waals surface area (Å²) in [6.07, 6.45) is 1.87. The number of likely N-dealkylation sites (N-methyl/N-ethyl adjacent to an activating group) is 1. The Hall–Kier alpha value is -2.34. The molecule has 0 aliphatic heterocycles. The van der Waals surface area contributed by atoms with Crippen LogP contribution in [0.3, 0.4) is 0 Å². The average molecular weight is 316 g/mol. The third-order valence-corrected chi connectivity index (χ3v) is 3.15. The van der Waals surface area contributed by atoms with Gasteiger partial charge in [-0.25, -0.2) is 0 Å². The van der Waals surface area contributed by atoms with Gasteiger partial charge in [0.05, 0.1) is 18.2 Å². The van der Waals surface area contributed by atoms with Gasteiger partial charge in [-0.15, -0.1) is 0 Å². The number of aromatic nitrogens is 2. The van der Waals surface area contributed by atoms with Gasteiger partial charge in [0.15, 0.2) is 5.82 Å². The van der Waals surface area contributed by atoms with Gasteiger partial charge in [0.2, 0.25) is 0 Å². The number of carbonyl (C=O) groups excluding carboxylic acids is 1. The monoisotopic (exact) mass is 316 g/mol. The molecule has 0 spiro atoms. The third-order valence-electron chi connectivity index (χ3n) is 3.15. The lowest BCUT2D eigenvalue weighted by molar-refractivity contribution is 0.102. The molecule has 0 saturated heterocycles. The molecule has 1 heterocycles. The molecule has 2 rings (SSSR count). The number of nitrogens with one attached hydrogen (secondary N) is 1. The molecule has 0 saturated carbocycles. The molecule has 1 amide bonds. The van der Waals surface area contributed by atoms with E-state index in [1.54, 1.807) is 18.2 Å². The van der Waals surface area contributed by atoms with Crippen molar-refractivity contribution in [2.75, 3.05) is 26.0 Å². The van der Waals surface area contributed by atoms with Crippen LogP contribution in [0, 0.1) is 0 Å². The first-order valence-electron chi connectivity index (χ1n) is 7.71. The summed E-state index contributed by atoms with van der Waals surface area (Å²) in [5, 5.41) is 7.17. The zero-order valence-corrected chi connectivity index (χ0v) is 14.1. The first kappa shape index (κ1) is 17.0. The molecule has 0 unspecified atom stereocenters. The lowest BCUT2D eigenvalue weighted by Gasteiger charge is -2.13. The van der Waals surface area contributed by atoms with E-state index in [-0.39, 0.29) is 12.0 Å². The maximum Gasteiger partial charge on any atom is 0.260 e. The molecule has 0 bridgehead atoms. The van der Waals surface area contributed by atoms with Gasteiger partial charge in [-0.3, -0.25) is 9.48 Å². The molecule has 2 aromatic rings. The summed E-state index contributed by atoms with van der Waals surface area (Å²) in [6, 6.07) is 9.00. The minimum atomic E-state index is -0.223. The van der Waals surface area contributed by atoms with E-state index in [2.05, 4.69) is 15.3 Å². The zero-order chi connectivity index (χ0) is 16.8. The Balaban J connectivity index is 2.05. The normalized spacial score (nSPS) is 11.0. The topological polar surface area (TPSA) is 59.4 Å². The van der Waals surface area contributed by atoms with Crippen LogP contribution in [0.5, 0.6) is 5.75 Å². The fourth-order valence-electron chi connectivity index (χ4n) is 2.05. The van der Waals surface area contributed by atoms with Crippen molar-refractivity contribution in [1.82, 2.24) is 14.7 Å². The number of hydrogen-bond acceptors (Lipinski definition) is 4. The van der Waals surface area contributed by atoms with Crippen LogP contribution in [0.2, 0.25) is 0 Å². The molecule has 0 fully saturated rings. The van der Waals surface area contributed by atoms with Crippen molar-refractivity contribution >= 4 is 11.7 Å². The second-order valence-corrected chi connectivity index (χ2v) is 5.88. The van der Waals surface area contributed by atoms with Crippen molar-refractivity contribution < 1.29 is 9.53 Å². The van der Waals surface area contributed by atoms with Gasteiger partial charge in [-0.2, -0.15) is 5.10 Å². The predicted octanol–water partition coefficient (Wildman–Crippen LogP) is 2.48. The highest BCUT2D eigenvalue weighted by molar-refractivity contribution is 6.05. The van der Waals surface area contributed by atoms with Crippen LogP contribution in [-0.2, 0) is 6.54 Å². The molecule has 6 heteroatoms. The number of para-hydroxylation sites is 1. The number of rotatable bonds is 7. The molecule has 0 aliphatic rings. The Morgan fingerprint density at radius 3 is 2.74 bits per heavy atom. The smallest absolute Gasteiger partial charge is 0.260 e. The van der Waals surface area contributed by atoms with E-state index in [0.717, 1.165) is 13.1 Å². The van der Waals surface area contributed by atoms with E-state index >= 15 is 0 Å². The van der Waals surface area contributed by atoms with Crippen LogP contribution in [0.15, 0.2) is 36.5 Å². The number of amides is 1. The van der Waals surface area contributed by atoms with E-state index in [4.69, 9.17) is 4.74 Å². The molecule has 1 N–H and O–H groups in total. The summed E-state index contributed by atoms with van der Waals surface area (Å²) in [4.78, 5) is 14.5. The van der Waals surface area contributed by atoms with Gasteiger partial charge in [0.1, 0.15) is 5.75 Å². The maximum atomic E-state index is 12.4. The minimum absolute atomic E-state index is 0.00851. The number of anilines is 1. The predicted molar refractivity (Wildman–Crippen MR) is 90.9 cm³/mol. The first-order chi connectivity index (χ1) is 11.0. The Morgan fingerprint density at radius 2 is 2.04 bits per heavy atom. The summed E-state index contributed by atoms with van der Waals surface area (Å²) in [7, 11) is 4.02. The zero-order valence-electron chi connectivity index (χ0n) is 14.1. The highest BCUT2D eigenvalue weighted by atomic mass is 16.5. The van der Waals surface area contributed by atoms with E-state index in [1.807, 2.05) is 51.0 Å². The van der Waals surface area contributed by atoms with Crippen LogP contribution >= 0.6 is 0 Å². The van der Waals surface area contributed by atoms with Crippen molar-refractivity contribution in [3.63, 3.8) is 0 Å². The number of ether oxygens (including phenoxy) is 1. The van der Waals surface area contributed by atoms with E-state index < -0.39 is 0 Å². The largest absolute Gasteiger partial charge is 0.490 e. The van der Waals surface area contributed by atoms with Crippen LogP contribution in [-0.4, -0.2) is 47.3 Å². The van der Waals surface area contributed by atoms with Crippen molar-refractivity contribution in [3.05, 3.63) is 42.1 Å². The molecule has 1 aromatic heterocycles. The highest BCUT2D eigenvalue weighted by Crippen LogP contribution is 2.20. The van der Waals surface area contributed by atoms with Crippen molar-refractivity contribution in [2.24, 2.45) is 0 Å². The quantitative estimate of drug-likeness (QED) is 0.852. The molecule has 124 valence electrons. The molecule has 0 radical (unpaired) electrons. The van der Waals surface area contributed by atoms with Crippen LogP contribution < -0.4 is 10.1 Å². The Morgan fingerprint density at radius 1 is 1.30 bits per heavy atom. The van der Waals surface area contributed by atoms with Crippen molar-refractivity contribution in [1.29, 1.82) is 0 Å². The fourth-order valence-corrected chi connectivity index (χ4v) is 2.05. The molecule has 1 aromatic carbocycles. The van der Waals surface area contributed by atoms with Crippen molar-refractivity contribution in [3.8, 4) is 5.75 Å². The summed E-state index contributed by atoms with van der Waals surface area (Å²) < 4.78 is 7.49. The lowest BCUT2D eigenvalue weighted by Crippen LogP contribution is -2.19. The van der Waals surface area contributed by atoms with Crippen LogP contribution in [0.25, 0.3) is 0 Å². The summed E-state index contributed by atoms with van der Waals surface area (Å²) in [5.74, 6) is 0.888. The second-order valence-electron chi connectivity index (χ2n) is 5.88. The number of carbonyl (C=O) groups is 1. The van der Waals surface area contributed by atoms with Crippen molar-refractivity contribution in [2.45, 2.75) is 26.5 Å². The number of nitrogens with zero attached hydrogens (tertiary/aromatic N) is 3. The third kappa shape index (κ3) is 5.10. The summed E-state index contributed by atoms with van der Waals surface area (Å²) in [6.45, 7) is 5.53. The second kappa shape index (κ2) is 7.78. The molecular formula is C17H24N4O2. The average Bonchev–Trinajstić information content (AvgIpc) is 2.92. The van der Waals surface area contributed by atoms with Gasteiger partial charge in [0.25, 0.3) is 5.91 Å². The highest BCUT2D eigenvalue weighted by Gasteiger charge is 2.14. The minimum Gasteiger partial charge on any atom is -0.490 e. The van der Waals surface area contributed by atoms with E-state index in [9.17, 15) is 4.79 Å². The van der Waals surface area contributed by atoms with E-state index in [0.29, 0.717) is 17.1 Å². The SMILES string of the molecule is CC(C)Oc1ccccc1C(=O)Nc1ccn(CCN(C)C)n1.